The molecular formula is C25H25ClF2N4O2. The first-order valence-corrected chi connectivity index (χ1v) is 12.0. The summed E-state index contributed by atoms with van der Waals surface area (Å²) in [6, 6.07) is 3.75. The molecule has 2 heterocycles. The second kappa shape index (κ2) is 7.63. The van der Waals surface area contributed by atoms with E-state index in [2.05, 4.69) is 10.3 Å². The number of ether oxygens (including phenoxy) is 1. The second-order valence-electron chi connectivity index (χ2n) is 10.1. The van der Waals surface area contributed by atoms with Gasteiger partial charge in [-0.3, -0.25) is 4.79 Å². The van der Waals surface area contributed by atoms with Crippen LogP contribution in [0, 0.1) is 28.5 Å². The van der Waals surface area contributed by atoms with E-state index in [9.17, 15) is 9.18 Å². The van der Waals surface area contributed by atoms with Gasteiger partial charge in [0, 0.05) is 23.8 Å². The quantitative estimate of drug-likeness (QED) is 0.657. The van der Waals surface area contributed by atoms with E-state index >= 15 is 4.39 Å². The highest BCUT2D eigenvalue weighted by atomic mass is 35.5. The zero-order valence-electron chi connectivity index (χ0n) is 18.7. The Labute approximate surface area is 201 Å². The van der Waals surface area contributed by atoms with Crippen molar-refractivity contribution < 1.29 is 18.3 Å². The average Bonchev–Trinajstić information content (AvgIpc) is 3.48. The van der Waals surface area contributed by atoms with Crippen LogP contribution in [0.2, 0.25) is 0 Å². The topological polar surface area (TPSA) is 77.8 Å². The first-order valence-electron chi connectivity index (χ1n) is 11.7. The molecule has 4 unspecified atom stereocenters. The zero-order chi connectivity index (χ0) is 23.8. The fraction of sp³-hybridized carbons (Fsp3) is 0.480. The number of benzene rings is 1. The van der Waals surface area contributed by atoms with E-state index in [1.165, 1.54) is 23.1 Å². The minimum Gasteiger partial charge on any atom is -0.486 e. The number of rotatable bonds is 3. The molecule has 9 heteroatoms. The number of nitrogens with one attached hydrogen (secondary N) is 2. The minimum absolute atomic E-state index is 0.0282. The van der Waals surface area contributed by atoms with E-state index in [0.29, 0.717) is 34.5 Å². The molecule has 0 radical (unpaired) electrons. The summed E-state index contributed by atoms with van der Waals surface area (Å²) in [5.74, 6) is 0.103. The molecule has 34 heavy (non-hydrogen) atoms. The molecule has 1 saturated heterocycles. The van der Waals surface area contributed by atoms with Crippen LogP contribution in [0.3, 0.4) is 0 Å². The predicted octanol–water partition coefficient (Wildman–Crippen LogP) is 4.56. The van der Waals surface area contributed by atoms with Crippen LogP contribution < -0.4 is 10.1 Å². The number of amides is 1. The summed E-state index contributed by atoms with van der Waals surface area (Å²) >= 11 is 6.04. The van der Waals surface area contributed by atoms with Gasteiger partial charge in [0.2, 0.25) is 0 Å². The lowest BCUT2D eigenvalue weighted by atomic mass is 9.62. The third kappa shape index (κ3) is 3.29. The van der Waals surface area contributed by atoms with Gasteiger partial charge < -0.3 is 20.4 Å². The molecule has 4 fully saturated rings. The normalized spacial score (nSPS) is 36.0. The summed E-state index contributed by atoms with van der Waals surface area (Å²) in [5.41, 5.74) is 1.83. The molecular weight excluding hydrogens is 462 g/mol. The number of carbonyl (C=O) groups excluding carboxylic acids is 1. The summed E-state index contributed by atoms with van der Waals surface area (Å²) < 4.78 is 35.3. The molecule has 1 spiro atoms. The Bertz CT molecular complexity index is 1210. The fourth-order valence-electron chi connectivity index (χ4n) is 6.13. The standard InChI is InChI=1S/C25H25ClF2N4O2/c1-12-18(26)9-30-23(31-12)16-10-32(11-19(16)29)24(33)15-3-2-14(27)7-20(15)34-21-6-13-4-5-25(13)8-17(25)22(21)28/h2-3,7,9,13,17,21-22,29-30H,4-6,8,10-11H2,1H3/b23-16+,29-19?/t13?,17?,21-,22?,25?/m0/s1. The van der Waals surface area contributed by atoms with Crippen LogP contribution >= 0.6 is 11.6 Å². The van der Waals surface area contributed by atoms with E-state index in [1.54, 1.807) is 13.1 Å². The van der Waals surface area contributed by atoms with Crippen LogP contribution in [0.25, 0.3) is 0 Å². The highest BCUT2D eigenvalue weighted by molar-refractivity contribution is 6.43. The molecule has 0 aromatic heterocycles. The monoisotopic (exact) mass is 486 g/mol. The van der Waals surface area contributed by atoms with E-state index in [4.69, 9.17) is 21.7 Å². The van der Waals surface area contributed by atoms with Crippen LogP contribution in [0.4, 0.5) is 8.78 Å². The Morgan fingerprint density at radius 3 is 2.94 bits per heavy atom. The van der Waals surface area contributed by atoms with Gasteiger partial charge in [-0.1, -0.05) is 11.6 Å². The summed E-state index contributed by atoms with van der Waals surface area (Å²) in [6.45, 7) is 2.02. The number of hydrogen-bond acceptors (Lipinski definition) is 5. The lowest BCUT2D eigenvalue weighted by molar-refractivity contribution is -0.0352. The van der Waals surface area contributed by atoms with Crippen molar-refractivity contribution in [3.63, 3.8) is 0 Å². The van der Waals surface area contributed by atoms with Crippen molar-refractivity contribution in [2.45, 2.75) is 44.9 Å². The largest absolute Gasteiger partial charge is 0.486 e. The predicted molar refractivity (Wildman–Crippen MR) is 124 cm³/mol. The van der Waals surface area contributed by atoms with E-state index in [-0.39, 0.29) is 41.4 Å². The van der Waals surface area contributed by atoms with Crippen molar-refractivity contribution in [2.24, 2.45) is 22.2 Å². The molecule has 1 amide bonds. The van der Waals surface area contributed by atoms with Crippen molar-refractivity contribution in [1.29, 1.82) is 5.41 Å². The van der Waals surface area contributed by atoms with E-state index < -0.39 is 24.0 Å². The van der Waals surface area contributed by atoms with Gasteiger partial charge in [0.05, 0.1) is 35.1 Å². The van der Waals surface area contributed by atoms with Crippen molar-refractivity contribution >= 4 is 28.9 Å². The molecule has 0 bridgehead atoms. The van der Waals surface area contributed by atoms with Gasteiger partial charge in [0.25, 0.3) is 5.91 Å². The van der Waals surface area contributed by atoms with Gasteiger partial charge in [-0.2, -0.15) is 0 Å². The molecule has 178 valence electrons. The minimum atomic E-state index is -1.10. The maximum Gasteiger partial charge on any atom is 0.258 e. The Morgan fingerprint density at radius 2 is 2.21 bits per heavy atom. The lowest BCUT2D eigenvalue weighted by Gasteiger charge is -2.45. The maximum absolute atomic E-state index is 15.1. The van der Waals surface area contributed by atoms with Crippen LogP contribution in [0.5, 0.6) is 5.75 Å². The summed E-state index contributed by atoms with van der Waals surface area (Å²) in [6.07, 6.45) is 3.53. The average molecular weight is 487 g/mol. The molecule has 6 rings (SSSR count). The highest BCUT2D eigenvalue weighted by Crippen LogP contribution is 2.74. The van der Waals surface area contributed by atoms with Crippen LogP contribution in [-0.4, -0.2) is 47.6 Å². The molecule has 3 aliphatic carbocycles. The van der Waals surface area contributed by atoms with Crippen molar-refractivity contribution in [3.05, 3.63) is 52.2 Å². The molecule has 2 N–H and O–H groups in total. The molecule has 2 aliphatic heterocycles. The lowest BCUT2D eigenvalue weighted by Crippen LogP contribution is -2.46. The SMILES string of the molecule is CC1=N/C(=C2\CN(C(=O)c3ccc(F)cc3O[C@H]3CC4CCC45CC5C3F)CC2=N)NC=C1Cl. The number of nitrogens with zero attached hydrogens (tertiary/aromatic N) is 2. The number of alkyl halides is 1. The summed E-state index contributed by atoms with van der Waals surface area (Å²) in [4.78, 5) is 19.3. The van der Waals surface area contributed by atoms with E-state index in [1.807, 2.05) is 0 Å². The smallest absolute Gasteiger partial charge is 0.258 e. The molecule has 1 aromatic carbocycles. The van der Waals surface area contributed by atoms with Gasteiger partial charge in [0.15, 0.2) is 0 Å². The summed E-state index contributed by atoms with van der Waals surface area (Å²) in [5, 5.41) is 11.8. The molecule has 6 nitrogen and oxygen atoms in total. The molecule has 3 saturated carbocycles. The van der Waals surface area contributed by atoms with Crippen LogP contribution in [-0.2, 0) is 0 Å². The van der Waals surface area contributed by atoms with Crippen LogP contribution in [0.15, 0.2) is 45.8 Å². The number of aliphatic imine (C=N–C) groups is 1. The zero-order valence-corrected chi connectivity index (χ0v) is 19.5. The fourth-order valence-corrected chi connectivity index (χ4v) is 6.23. The third-order valence-electron chi connectivity index (χ3n) is 8.25. The highest BCUT2D eigenvalue weighted by Gasteiger charge is 2.70. The van der Waals surface area contributed by atoms with Crippen molar-refractivity contribution in [1.82, 2.24) is 10.2 Å². The first kappa shape index (κ1) is 21.8. The molecule has 5 aliphatic rings. The number of allylic oxidation sites excluding steroid dienone is 1. The van der Waals surface area contributed by atoms with Crippen molar-refractivity contribution in [2.75, 3.05) is 13.1 Å². The number of halogens is 3. The molecule has 5 atom stereocenters. The third-order valence-corrected chi connectivity index (χ3v) is 8.64. The van der Waals surface area contributed by atoms with Gasteiger partial charge in [-0.25, -0.2) is 13.8 Å². The Balaban J connectivity index is 1.23. The first-order chi connectivity index (χ1) is 16.3. The number of carbonyl (C=O) groups is 1. The molecule has 1 aromatic rings. The van der Waals surface area contributed by atoms with Crippen LogP contribution in [0.1, 0.15) is 43.0 Å². The second-order valence-corrected chi connectivity index (χ2v) is 10.5. The van der Waals surface area contributed by atoms with Gasteiger partial charge in [-0.15, -0.1) is 0 Å². The maximum atomic E-state index is 15.1. The van der Waals surface area contributed by atoms with Crippen molar-refractivity contribution in [3.8, 4) is 5.75 Å². The Hall–Kier alpha value is -2.74. The number of hydrogen-bond donors (Lipinski definition) is 2. The Kier molecular flexibility index (Phi) is 4.89. The van der Waals surface area contributed by atoms with Gasteiger partial charge in [-0.05, 0) is 56.1 Å². The summed E-state index contributed by atoms with van der Waals surface area (Å²) in [7, 11) is 0. The number of likely N-dealkylation sites (tertiary alicyclic amines) is 1. The van der Waals surface area contributed by atoms with E-state index in [0.717, 1.165) is 19.3 Å². The van der Waals surface area contributed by atoms with Gasteiger partial charge in [0.1, 0.15) is 29.7 Å². The Morgan fingerprint density at radius 1 is 1.38 bits per heavy atom. The van der Waals surface area contributed by atoms with Gasteiger partial charge >= 0.3 is 0 Å².